The lowest BCUT2D eigenvalue weighted by Crippen LogP contribution is -2.31. The van der Waals surface area contributed by atoms with Crippen molar-refractivity contribution in [1.82, 2.24) is 4.98 Å². The quantitative estimate of drug-likeness (QED) is 0.892. The number of aliphatic hydroxyl groups is 1. The first kappa shape index (κ1) is 13.0. The summed E-state index contributed by atoms with van der Waals surface area (Å²) in [5.41, 5.74) is -0.190. The molecule has 0 amide bonds. The van der Waals surface area contributed by atoms with Crippen LogP contribution in [0.15, 0.2) is 18.5 Å². The monoisotopic (exact) mass is 249 g/mol. The van der Waals surface area contributed by atoms with Gasteiger partial charge in [0, 0.05) is 24.6 Å². The van der Waals surface area contributed by atoms with Gasteiger partial charge in [0.05, 0.1) is 17.9 Å². The fraction of sp³-hybridized carbons (Fsp3) is 0.571. The van der Waals surface area contributed by atoms with E-state index in [0.717, 1.165) is 5.56 Å². The van der Waals surface area contributed by atoms with Gasteiger partial charge in [-0.15, -0.1) is 0 Å². The van der Waals surface area contributed by atoms with Crippen molar-refractivity contribution < 1.29 is 14.6 Å². The fourth-order valence-corrected chi connectivity index (χ4v) is 2.24. The molecule has 0 radical (unpaired) electrons. The molecule has 1 aliphatic rings. The molecule has 1 fully saturated rings. The number of carbonyl (C=O) groups is 1. The summed E-state index contributed by atoms with van der Waals surface area (Å²) in [5.74, 6) is 0.884. The minimum Gasteiger partial charge on any atom is -0.489 e. The van der Waals surface area contributed by atoms with E-state index in [0.29, 0.717) is 31.4 Å². The minimum atomic E-state index is -0.933. The largest absolute Gasteiger partial charge is 0.489 e. The van der Waals surface area contributed by atoms with Crippen LogP contribution in [0.1, 0.15) is 45.1 Å². The maximum atomic E-state index is 11.2. The van der Waals surface area contributed by atoms with Gasteiger partial charge in [-0.2, -0.15) is 0 Å². The normalized spacial score (nSPS) is 19.0. The Morgan fingerprint density at radius 1 is 1.33 bits per heavy atom. The highest BCUT2D eigenvalue weighted by Crippen LogP contribution is 2.36. The Balaban J connectivity index is 2.19. The summed E-state index contributed by atoms with van der Waals surface area (Å²) in [6.07, 6.45) is 5.18. The molecule has 0 bridgehead atoms. The molecule has 4 heteroatoms. The van der Waals surface area contributed by atoms with E-state index in [1.807, 2.05) is 19.9 Å². The molecule has 0 saturated heterocycles. The Morgan fingerprint density at radius 2 is 2.00 bits per heavy atom. The van der Waals surface area contributed by atoms with Gasteiger partial charge in [0.25, 0.3) is 0 Å². The maximum absolute atomic E-state index is 11.2. The van der Waals surface area contributed by atoms with Gasteiger partial charge in [0.1, 0.15) is 11.5 Å². The molecule has 4 nitrogen and oxygen atoms in total. The van der Waals surface area contributed by atoms with Crippen molar-refractivity contribution in [2.45, 2.75) is 51.2 Å². The predicted molar refractivity (Wildman–Crippen MR) is 67.4 cm³/mol. The number of Topliss-reactive ketones (excluding diaryl/α,β-unsaturated/α-hetero) is 1. The first-order valence-corrected chi connectivity index (χ1v) is 6.36. The first-order chi connectivity index (χ1) is 8.49. The van der Waals surface area contributed by atoms with E-state index >= 15 is 0 Å². The molecule has 0 aromatic carbocycles. The van der Waals surface area contributed by atoms with Crippen LogP contribution in [0.2, 0.25) is 0 Å². The van der Waals surface area contributed by atoms with Gasteiger partial charge < -0.3 is 9.84 Å². The molecular formula is C14H19NO3. The summed E-state index contributed by atoms with van der Waals surface area (Å²) in [6.45, 7) is 3.89. The maximum Gasteiger partial charge on any atom is 0.138 e. The number of pyridine rings is 1. The molecule has 1 aromatic heterocycles. The number of ether oxygens (including phenoxy) is 1. The molecule has 0 unspecified atom stereocenters. The molecule has 1 aliphatic carbocycles. The number of rotatable bonds is 3. The molecule has 0 spiro atoms. The number of carbonyl (C=O) groups excluding carboxylic acids is 1. The number of hydrogen-bond acceptors (Lipinski definition) is 4. The van der Waals surface area contributed by atoms with E-state index in [1.54, 1.807) is 12.4 Å². The van der Waals surface area contributed by atoms with E-state index in [-0.39, 0.29) is 11.9 Å². The predicted octanol–water partition coefficient (Wildman–Crippen LogP) is 2.20. The van der Waals surface area contributed by atoms with Crippen molar-refractivity contribution >= 4 is 5.78 Å². The molecule has 0 atom stereocenters. The Morgan fingerprint density at radius 3 is 2.61 bits per heavy atom. The highest BCUT2D eigenvalue weighted by Gasteiger charge is 2.34. The van der Waals surface area contributed by atoms with Crippen molar-refractivity contribution in [3.63, 3.8) is 0 Å². The van der Waals surface area contributed by atoms with Crippen LogP contribution in [0.3, 0.4) is 0 Å². The molecule has 1 aromatic rings. The summed E-state index contributed by atoms with van der Waals surface area (Å²) >= 11 is 0. The summed E-state index contributed by atoms with van der Waals surface area (Å²) in [6, 6.07) is 1.82. The van der Waals surface area contributed by atoms with E-state index in [4.69, 9.17) is 4.74 Å². The molecule has 18 heavy (non-hydrogen) atoms. The van der Waals surface area contributed by atoms with Crippen molar-refractivity contribution in [3.8, 4) is 5.75 Å². The molecule has 1 saturated carbocycles. The van der Waals surface area contributed by atoms with Crippen molar-refractivity contribution in [1.29, 1.82) is 0 Å². The summed E-state index contributed by atoms with van der Waals surface area (Å²) < 4.78 is 5.57. The molecule has 1 heterocycles. The highest BCUT2D eigenvalue weighted by atomic mass is 16.5. The standard InChI is InChI=1S/C14H19NO3/c1-10(2)18-13-7-11(8-15-9-13)14(17)5-3-12(16)4-6-14/h7-10,17H,3-6H2,1-2H3. The van der Waals surface area contributed by atoms with Crippen LogP contribution in [0.5, 0.6) is 5.75 Å². The minimum absolute atomic E-state index is 0.0737. The number of hydrogen-bond donors (Lipinski definition) is 1. The summed E-state index contributed by atoms with van der Waals surface area (Å²) in [4.78, 5) is 15.4. The van der Waals surface area contributed by atoms with Crippen molar-refractivity contribution in [2.75, 3.05) is 0 Å². The third kappa shape index (κ3) is 2.88. The Kier molecular flexibility index (Phi) is 3.66. The highest BCUT2D eigenvalue weighted by molar-refractivity contribution is 5.79. The van der Waals surface area contributed by atoms with Crippen LogP contribution in [0, 0.1) is 0 Å². The Hall–Kier alpha value is -1.42. The van der Waals surface area contributed by atoms with Crippen LogP contribution < -0.4 is 4.74 Å². The summed E-state index contributed by atoms with van der Waals surface area (Å²) in [5, 5.41) is 10.6. The second-order valence-electron chi connectivity index (χ2n) is 5.15. The lowest BCUT2D eigenvalue weighted by molar-refractivity contribution is -0.125. The van der Waals surface area contributed by atoms with Gasteiger partial charge in [-0.05, 0) is 32.8 Å². The molecule has 2 rings (SSSR count). The van der Waals surface area contributed by atoms with Crippen molar-refractivity contribution in [3.05, 3.63) is 24.0 Å². The van der Waals surface area contributed by atoms with Crippen LogP contribution >= 0.6 is 0 Å². The second kappa shape index (κ2) is 5.06. The fourth-order valence-electron chi connectivity index (χ4n) is 2.24. The number of ketones is 1. The lowest BCUT2D eigenvalue weighted by Gasteiger charge is -2.31. The third-order valence-electron chi connectivity index (χ3n) is 3.26. The van der Waals surface area contributed by atoms with E-state index < -0.39 is 5.60 Å². The van der Waals surface area contributed by atoms with Crippen LogP contribution in [0.25, 0.3) is 0 Å². The van der Waals surface area contributed by atoms with Gasteiger partial charge in [0.15, 0.2) is 0 Å². The average Bonchev–Trinajstić information content (AvgIpc) is 2.33. The molecular weight excluding hydrogens is 230 g/mol. The SMILES string of the molecule is CC(C)Oc1cncc(C2(O)CCC(=O)CC2)c1. The van der Waals surface area contributed by atoms with Crippen LogP contribution in [-0.4, -0.2) is 22.0 Å². The second-order valence-corrected chi connectivity index (χ2v) is 5.15. The van der Waals surface area contributed by atoms with Gasteiger partial charge in [-0.1, -0.05) is 0 Å². The van der Waals surface area contributed by atoms with Gasteiger partial charge in [0.2, 0.25) is 0 Å². The zero-order chi connectivity index (χ0) is 13.2. The third-order valence-corrected chi connectivity index (χ3v) is 3.26. The topological polar surface area (TPSA) is 59.4 Å². The lowest BCUT2D eigenvalue weighted by atomic mass is 9.80. The number of nitrogens with zero attached hydrogens (tertiary/aromatic N) is 1. The number of aromatic nitrogens is 1. The molecule has 0 aliphatic heterocycles. The molecule has 98 valence electrons. The Labute approximate surface area is 107 Å². The van der Waals surface area contributed by atoms with E-state index in [2.05, 4.69) is 4.98 Å². The van der Waals surface area contributed by atoms with Crippen LogP contribution in [-0.2, 0) is 10.4 Å². The molecule has 1 N–H and O–H groups in total. The smallest absolute Gasteiger partial charge is 0.138 e. The van der Waals surface area contributed by atoms with Crippen LogP contribution in [0.4, 0.5) is 0 Å². The van der Waals surface area contributed by atoms with Crippen molar-refractivity contribution in [2.24, 2.45) is 0 Å². The van der Waals surface area contributed by atoms with E-state index in [1.165, 1.54) is 0 Å². The van der Waals surface area contributed by atoms with Gasteiger partial charge in [-0.3, -0.25) is 9.78 Å². The Bertz CT molecular complexity index is 432. The first-order valence-electron chi connectivity index (χ1n) is 6.36. The summed E-state index contributed by atoms with van der Waals surface area (Å²) in [7, 11) is 0. The van der Waals surface area contributed by atoms with Gasteiger partial charge >= 0.3 is 0 Å². The average molecular weight is 249 g/mol. The van der Waals surface area contributed by atoms with E-state index in [9.17, 15) is 9.90 Å². The zero-order valence-electron chi connectivity index (χ0n) is 10.8. The zero-order valence-corrected chi connectivity index (χ0v) is 10.8. The van der Waals surface area contributed by atoms with Gasteiger partial charge in [-0.25, -0.2) is 0 Å².